The lowest BCUT2D eigenvalue weighted by Crippen LogP contribution is -2.02. The molecule has 0 saturated heterocycles. The highest BCUT2D eigenvalue weighted by Crippen LogP contribution is 2.31. The van der Waals surface area contributed by atoms with Crippen LogP contribution in [-0.4, -0.2) is 5.11 Å². The van der Waals surface area contributed by atoms with Gasteiger partial charge in [0.15, 0.2) is 0 Å². The first-order valence-electron chi connectivity index (χ1n) is 6.49. The largest absolute Gasteiger partial charge is 0.388 e. The smallest absolute Gasteiger partial charge is 0.0991 e. The van der Waals surface area contributed by atoms with Crippen LogP contribution in [0.3, 0.4) is 0 Å². The molecule has 2 rings (SSSR count). The fourth-order valence-electron chi connectivity index (χ4n) is 2.02. The van der Waals surface area contributed by atoms with E-state index in [9.17, 15) is 5.11 Å². The predicted octanol–water partition coefficient (Wildman–Crippen LogP) is 4.27. The Labute approximate surface area is 124 Å². The third-order valence-corrected chi connectivity index (χ3v) is 3.72. The molecule has 2 nitrogen and oxygen atoms in total. The number of alkyl halides is 1. The molecule has 0 amide bonds. The van der Waals surface area contributed by atoms with Gasteiger partial charge in [0.1, 0.15) is 0 Å². The summed E-state index contributed by atoms with van der Waals surface area (Å²) in [6.07, 6.45) is -0.192. The zero-order valence-electron chi connectivity index (χ0n) is 11.3. The molecule has 2 aromatic rings. The molecule has 102 valence electrons. The Bertz CT molecular complexity index is 598. The van der Waals surface area contributed by atoms with Gasteiger partial charge >= 0.3 is 0 Å². The van der Waals surface area contributed by atoms with Crippen LogP contribution >= 0.6 is 11.6 Å². The minimum atomic E-state index is -0.633. The van der Waals surface area contributed by atoms with Gasteiger partial charge in [0.05, 0.1) is 23.1 Å². The number of aryl methyl sites for hydroxylation is 1. The second-order valence-electron chi connectivity index (χ2n) is 4.86. The highest BCUT2D eigenvalue weighted by Gasteiger charge is 2.15. The minimum Gasteiger partial charge on any atom is -0.388 e. The van der Waals surface area contributed by atoms with Crippen LogP contribution in [0.1, 0.15) is 40.2 Å². The molecule has 1 N–H and O–H groups in total. The number of aliphatic hydroxyl groups is 1. The zero-order chi connectivity index (χ0) is 14.5. The van der Waals surface area contributed by atoms with Crippen LogP contribution in [0, 0.1) is 18.3 Å². The van der Waals surface area contributed by atoms with Gasteiger partial charge in [-0.25, -0.2) is 0 Å². The monoisotopic (exact) mass is 285 g/mol. The number of hydrogen-bond acceptors (Lipinski definition) is 2. The van der Waals surface area contributed by atoms with Gasteiger partial charge in [-0.1, -0.05) is 42.0 Å². The molecule has 0 bridgehead atoms. The summed E-state index contributed by atoms with van der Waals surface area (Å²) in [6.45, 7) is 2.03. The lowest BCUT2D eigenvalue weighted by atomic mass is 9.99. The van der Waals surface area contributed by atoms with Crippen molar-refractivity contribution in [2.24, 2.45) is 0 Å². The summed E-state index contributed by atoms with van der Waals surface area (Å²) < 4.78 is 0. The Kier molecular flexibility index (Phi) is 4.79. The van der Waals surface area contributed by atoms with E-state index in [0.29, 0.717) is 12.0 Å². The van der Waals surface area contributed by atoms with E-state index in [1.165, 1.54) is 5.56 Å². The second-order valence-corrected chi connectivity index (χ2v) is 5.39. The quantitative estimate of drug-likeness (QED) is 0.853. The Morgan fingerprint density at radius 3 is 2.15 bits per heavy atom. The molecular weight excluding hydrogens is 270 g/mol. The molecule has 0 aliphatic heterocycles. The second kappa shape index (κ2) is 6.56. The van der Waals surface area contributed by atoms with Gasteiger partial charge in [-0.15, -0.1) is 11.6 Å². The van der Waals surface area contributed by atoms with Crippen molar-refractivity contribution in [3.05, 3.63) is 70.8 Å². The van der Waals surface area contributed by atoms with E-state index in [2.05, 4.69) is 6.07 Å². The highest BCUT2D eigenvalue weighted by atomic mass is 35.5. The van der Waals surface area contributed by atoms with Crippen molar-refractivity contribution in [3.8, 4) is 6.07 Å². The van der Waals surface area contributed by atoms with Crippen LogP contribution in [0.15, 0.2) is 48.5 Å². The normalized spacial score (nSPS) is 13.5. The first-order valence-corrected chi connectivity index (χ1v) is 6.92. The molecule has 0 radical (unpaired) electrons. The molecule has 2 aromatic carbocycles. The maximum absolute atomic E-state index is 10.2. The molecule has 3 heteroatoms. The summed E-state index contributed by atoms with van der Waals surface area (Å²) in [5.41, 5.74) is 3.55. The average Bonchev–Trinajstić information content (AvgIpc) is 2.48. The van der Waals surface area contributed by atoms with Crippen LogP contribution in [-0.2, 0) is 0 Å². The summed E-state index contributed by atoms with van der Waals surface area (Å²) in [7, 11) is 0. The molecule has 20 heavy (non-hydrogen) atoms. The summed E-state index contributed by atoms with van der Waals surface area (Å²) in [5, 5.41) is 18.7. The fourth-order valence-corrected chi connectivity index (χ4v) is 2.34. The van der Waals surface area contributed by atoms with Gasteiger partial charge in [0.25, 0.3) is 0 Å². The van der Waals surface area contributed by atoms with Gasteiger partial charge in [-0.3, -0.25) is 0 Å². The topological polar surface area (TPSA) is 44.0 Å². The standard InChI is InChI=1S/C17H16ClNO/c1-12-2-6-14(7-3-12)16(18)10-17(20)15-8-4-13(11-19)5-9-15/h2-9,16-17,20H,10H2,1H3/t16-,17-/m0/s1. The van der Waals surface area contributed by atoms with Crippen LogP contribution < -0.4 is 0 Å². The number of nitriles is 1. The van der Waals surface area contributed by atoms with Crippen molar-refractivity contribution < 1.29 is 5.11 Å². The van der Waals surface area contributed by atoms with Crippen molar-refractivity contribution in [2.75, 3.05) is 0 Å². The lowest BCUT2D eigenvalue weighted by Gasteiger charge is -2.16. The van der Waals surface area contributed by atoms with Crippen molar-refractivity contribution >= 4 is 11.6 Å². The van der Waals surface area contributed by atoms with Gasteiger partial charge < -0.3 is 5.11 Å². The van der Waals surface area contributed by atoms with Crippen molar-refractivity contribution in [3.63, 3.8) is 0 Å². The van der Waals surface area contributed by atoms with Crippen LogP contribution in [0.2, 0.25) is 0 Å². The van der Waals surface area contributed by atoms with E-state index in [1.807, 2.05) is 31.2 Å². The number of nitrogens with zero attached hydrogens (tertiary/aromatic N) is 1. The maximum Gasteiger partial charge on any atom is 0.0991 e. The van der Waals surface area contributed by atoms with E-state index in [-0.39, 0.29) is 5.38 Å². The molecular formula is C17H16ClNO. The third kappa shape index (κ3) is 3.60. The molecule has 0 spiro atoms. The molecule has 0 heterocycles. The maximum atomic E-state index is 10.2. The van der Waals surface area contributed by atoms with Crippen LogP contribution in [0.4, 0.5) is 0 Å². The summed E-state index contributed by atoms with van der Waals surface area (Å²) >= 11 is 6.35. The van der Waals surface area contributed by atoms with E-state index in [4.69, 9.17) is 16.9 Å². The van der Waals surface area contributed by atoms with Crippen molar-refractivity contribution in [2.45, 2.75) is 24.8 Å². The molecule has 0 aliphatic carbocycles. The van der Waals surface area contributed by atoms with Gasteiger partial charge in [-0.2, -0.15) is 5.26 Å². The van der Waals surface area contributed by atoms with Crippen molar-refractivity contribution in [1.29, 1.82) is 5.26 Å². The number of aliphatic hydroxyl groups excluding tert-OH is 1. The van der Waals surface area contributed by atoms with E-state index < -0.39 is 6.10 Å². The number of benzene rings is 2. The summed E-state index contributed by atoms with van der Waals surface area (Å²) in [6, 6.07) is 17.0. The zero-order valence-corrected chi connectivity index (χ0v) is 12.0. The Hall–Kier alpha value is -1.82. The summed E-state index contributed by atoms with van der Waals surface area (Å²) in [5.74, 6) is 0. The number of rotatable bonds is 4. The first-order chi connectivity index (χ1) is 9.60. The molecule has 0 aromatic heterocycles. The Morgan fingerprint density at radius 1 is 1.05 bits per heavy atom. The SMILES string of the molecule is Cc1ccc([C@@H](Cl)C[C@H](O)c2ccc(C#N)cc2)cc1. The number of halogens is 1. The van der Waals surface area contributed by atoms with Crippen LogP contribution in [0.25, 0.3) is 0 Å². The average molecular weight is 286 g/mol. The molecule has 0 aliphatic rings. The first kappa shape index (κ1) is 14.6. The molecule has 0 saturated carbocycles. The van der Waals surface area contributed by atoms with E-state index in [0.717, 1.165) is 11.1 Å². The van der Waals surface area contributed by atoms with Gasteiger partial charge in [0.2, 0.25) is 0 Å². The molecule has 0 fully saturated rings. The van der Waals surface area contributed by atoms with Gasteiger partial charge in [-0.05, 0) is 36.6 Å². The third-order valence-electron chi connectivity index (χ3n) is 3.29. The van der Waals surface area contributed by atoms with E-state index in [1.54, 1.807) is 24.3 Å². The Morgan fingerprint density at radius 2 is 1.60 bits per heavy atom. The minimum absolute atomic E-state index is 0.235. The van der Waals surface area contributed by atoms with Crippen molar-refractivity contribution in [1.82, 2.24) is 0 Å². The Balaban J connectivity index is 2.04. The van der Waals surface area contributed by atoms with Crippen LogP contribution in [0.5, 0.6) is 0 Å². The molecule has 0 unspecified atom stereocenters. The molecule has 2 atom stereocenters. The fraction of sp³-hybridized carbons (Fsp3) is 0.235. The highest BCUT2D eigenvalue weighted by molar-refractivity contribution is 6.20. The number of hydrogen-bond donors (Lipinski definition) is 1. The predicted molar refractivity (Wildman–Crippen MR) is 80.5 cm³/mol. The van der Waals surface area contributed by atoms with E-state index >= 15 is 0 Å². The van der Waals surface area contributed by atoms with Gasteiger partial charge in [0, 0.05) is 0 Å². The lowest BCUT2D eigenvalue weighted by molar-refractivity contribution is 0.166. The summed E-state index contributed by atoms with van der Waals surface area (Å²) in [4.78, 5) is 0.